The highest BCUT2D eigenvalue weighted by Crippen LogP contribution is 2.32. The van der Waals surface area contributed by atoms with Gasteiger partial charge in [-0.25, -0.2) is 8.42 Å². The molecule has 10 heteroatoms. The lowest BCUT2D eigenvalue weighted by Gasteiger charge is -2.18. The highest BCUT2D eigenvalue weighted by molar-refractivity contribution is 7.88. The summed E-state index contributed by atoms with van der Waals surface area (Å²) < 4.78 is 25.0. The lowest BCUT2D eigenvalue weighted by atomic mass is 10.1. The largest absolute Gasteiger partial charge is 0.365 e. The van der Waals surface area contributed by atoms with Gasteiger partial charge < -0.3 is 11.1 Å². The number of nitrogens with two attached hydrogens (primary N) is 1. The molecule has 0 radical (unpaired) electrons. The number of nitrogens with zero attached hydrogens (tertiary/aromatic N) is 1. The van der Waals surface area contributed by atoms with Crippen molar-refractivity contribution in [2.24, 2.45) is 5.73 Å². The number of amides is 2. The maximum absolute atomic E-state index is 12.3. The van der Waals surface area contributed by atoms with E-state index in [9.17, 15) is 18.0 Å². The van der Waals surface area contributed by atoms with Gasteiger partial charge in [0.2, 0.25) is 15.9 Å². The van der Waals surface area contributed by atoms with Gasteiger partial charge >= 0.3 is 0 Å². The van der Waals surface area contributed by atoms with Gasteiger partial charge in [0.15, 0.2) is 0 Å². The Kier molecular flexibility index (Phi) is 5.99. The minimum atomic E-state index is -3.57. The predicted molar refractivity (Wildman–Crippen MR) is 101 cm³/mol. The van der Waals surface area contributed by atoms with E-state index in [0.29, 0.717) is 10.6 Å². The van der Waals surface area contributed by atoms with E-state index < -0.39 is 21.8 Å². The second-order valence-electron chi connectivity index (χ2n) is 5.51. The third kappa shape index (κ3) is 4.88. The lowest BCUT2D eigenvalue weighted by molar-refractivity contribution is -0.116. The third-order valence-corrected chi connectivity index (χ3v) is 6.77. The summed E-state index contributed by atoms with van der Waals surface area (Å²) in [6.45, 7) is 3.35. The van der Waals surface area contributed by atoms with E-state index in [1.807, 2.05) is 18.4 Å². The van der Waals surface area contributed by atoms with Crippen LogP contribution in [0.1, 0.15) is 25.7 Å². The number of sulfonamides is 1. The minimum Gasteiger partial charge on any atom is -0.365 e. The van der Waals surface area contributed by atoms with Crippen molar-refractivity contribution in [3.63, 3.8) is 0 Å². The predicted octanol–water partition coefficient (Wildman–Crippen LogP) is 1.93. The molecule has 0 bridgehead atoms. The normalized spacial score (nSPS) is 11.7. The third-order valence-electron chi connectivity index (χ3n) is 3.59. The van der Waals surface area contributed by atoms with Gasteiger partial charge in [0.05, 0.1) is 18.4 Å². The molecule has 0 atom stereocenters. The molecule has 0 aliphatic carbocycles. The first-order valence-electron chi connectivity index (χ1n) is 7.26. The maximum atomic E-state index is 12.3. The van der Waals surface area contributed by atoms with Crippen molar-refractivity contribution in [1.29, 1.82) is 0 Å². The maximum Gasteiger partial charge on any atom is 0.251 e. The number of thiophene rings is 2. The summed E-state index contributed by atoms with van der Waals surface area (Å²) in [6.07, 6.45) is 1.06. The molecule has 2 aromatic rings. The molecule has 2 rings (SSSR count). The van der Waals surface area contributed by atoms with Crippen molar-refractivity contribution in [2.75, 3.05) is 18.1 Å². The summed E-state index contributed by atoms with van der Waals surface area (Å²) in [5.74, 6) is -1.15. The van der Waals surface area contributed by atoms with E-state index >= 15 is 0 Å². The Morgan fingerprint density at radius 3 is 2.52 bits per heavy atom. The Balaban J connectivity index is 2.17. The molecule has 7 nitrogen and oxygen atoms in total. The highest BCUT2D eigenvalue weighted by Gasteiger charge is 2.23. The van der Waals surface area contributed by atoms with Crippen LogP contribution in [0.2, 0.25) is 0 Å². The van der Waals surface area contributed by atoms with Gasteiger partial charge in [-0.15, -0.1) is 22.7 Å². The number of rotatable bonds is 7. The van der Waals surface area contributed by atoms with Crippen LogP contribution in [0.5, 0.6) is 0 Å². The number of carbonyl (C=O) groups is 2. The van der Waals surface area contributed by atoms with Crippen LogP contribution in [-0.2, 0) is 21.4 Å². The molecule has 2 heterocycles. The summed E-state index contributed by atoms with van der Waals surface area (Å²) in [5.41, 5.74) is 6.35. The summed E-state index contributed by atoms with van der Waals surface area (Å²) in [6, 6.07) is 3.62. The van der Waals surface area contributed by atoms with Crippen LogP contribution >= 0.6 is 22.7 Å². The van der Waals surface area contributed by atoms with Gasteiger partial charge in [0, 0.05) is 16.3 Å². The van der Waals surface area contributed by atoms with E-state index in [0.717, 1.165) is 20.3 Å². The van der Waals surface area contributed by atoms with Crippen molar-refractivity contribution < 1.29 is 18.0 Å². The Hall–Kier alpha value is -1.75. The molecule has 2 aromatic heterocycles. The zero-order chi connectivity index (χ0) is 18.8. The summed E-state index contributed by atoms with van der Waals surface area (Å²) in [7, 11) is -3.57. The van der Waals surface area contributed by atoms with E-state index in [-0.39, 0.29) is 18.7 Å². The quantitative estimate of drug-likeness (QED) is 0.738. The number of aryl methyl sites for hydroxylation is 1. The average Bonchev–Trinajstić information content (AvgIpc) is 3.06. The monoisotopic (exact) mass is 401 g/mol. The van der Waals surface area contributed by atoms with Crippen LogP contribution in [-0.4, -0.2) is 37.3 Å². The van der Waals surface area contributed by atoms with Crippen molar-refractivity contribution in [2.45, 2.75) is 20.4 Å². The fourth-order valence-electron chi connectivity index (χ4n) is 2.20. The fraction of sp³-hybridized carbons (Fsp3) is 0.333. The molecule has 2 amide bonds. The van der Waals surface area contributed by atoms with Crippen LogP contribution < -0.4 is 11.1 Å². The minimum absolute atomic E-state index is 0.120. The second-order valence-corrected chi connectivity index (χ2v) is 9.75. The molecule has 0 spiro atoms. The fourth-order valence-corrected chi connectivity index (χ4v) is 4.81. The first kappa shape index (κ1) is 19.6. The lowest BCUT2D eigenvalue weighted by Crippen LogP contribution is -2.36. The van der Waals surface area contributed by atoms with E-state index in [1.54, 1.807) is 13.0 Å². The number of nitrogens with one attached hydrogen (secondary N) is 1. The smallest absolute Gasteiger partial charge is 0.251 e. The van der Waals surface area contributed by atoms with Gasteiger partial charge in [0.25, 0.3) is 5.91 Å². The van der Waals surface area contributed by atoms with Crippen molar-refractivity contribution in [3.05, 3.63) is 38.4 Å². The van der Waals surface area contributed by atoms with Crippen LogP contribution in [0.3, 0.4) is 0 Å². The molecule has 0 aromatic carbocycles. The van der Waals surface area contributed by atoms with E-state index in [4.69, 9.17) is 5.73 Å². The number of primary amides is 1. The van der Waals surface area contributed by atoms with Gasteiger partial charge in [0.1, 0.15) is 5.00 Å². The van der Waals surface area contributed by atoms with Crippen LogP contribution in [0.15, 0.2) is 17.5 Å². The van der Waals surface area contributed by atoms with E-state index in [2.05, 4.69) is 5.32 Å². The van der Waals surface area contributed by atoms with E-state index in [1.165, 1.54) is 22.7 Å². The van der Waals surface area contributed by atoms with Gasteiger partial charge in [-0.05, 0) is 30.9 Å². The zero-order valence-corrected chi connectivity index (χ0v) is 16.5. The summed E-state index contributed by atoms with van der Waals surface area (Å²) >= 11 is 2.65. The molecule has 0 saturated carbocycles. The van der Waals surface area contributed by atoms with Crippen molar-refractivity contribution in [3.8, 4) is 0 Å². The summed E-state index contributed by atoms with van der Waals surface area (Å²) in [4.78, 5) is 25.6. The topological polar surface area (TPSA) is 110 Å². The SMILES string of the molecule is Cc1sc(NC(=O)CN(Cc2cccs2)S(C)(=O)=O)c(C(N)=O)c1C. The number of hydrogen-bond acceptors (Lipinski definition) is 6. The first-order valence-corrected chi connectivity index (χ1v) is 10.8. The Morgan fingerprint density at radius 1 is 1.32 bits per heavy atom. The Morgan fingerprint density at radius 2 is 2.00 bits per heavy atom. The molecule has 0 saturated heterocycles. The van der Waals surface area contributed by atoms with Crippen LogP contribution in [0, 0.1) is 13.8 Å². The standard InChI is InChI=1S/C15H19N3O4S3/c1-9-10(2)24-15(13(9)14(16)20)17-12(19)8-18(25(3,21)22)7-11-5-4-6-23-11/h4-6H,7-8H2,1-3H3,(H2,16,20)(H,17,19). The highest BCUT2D eigenvalue weighted by atomic mass is 32.2. The van der Waals surface area contributed by atoms with Crippen molar-refractivity contribution in [1.82, 2.24) is 4.31 Å². The molecule has 3 N–H and O–H groups in total. The molecule has 0 aliphatic rings. The Labute approximate surface area is 154 Å². The molecule has 25 heavy (non-hydrogen) atoms. The molecule has 0 unspecified atom stereocenters. The molecule has 136 valence electrons. The average molecular weight is 402 g/mol. The van der Waals surface area contributed by atoms with Gasteiger partial charge in [-0.3, -0.25) is 9.59 Å². The number of hydrogen-bond donors (Lipinski definition) is 2. The Bertz CT molecular complexity index is 886. The first-order chi connectivity index (χ1) is 11.6. The molecule has 0 fully saturated rings. The molecular formula is C15H19N3O4S3. The molecular weight excluding hydrogens is 382 g/mol. The van der Waals surface area contributed by atoms with Gasteiger partial charge in [-0.1, -0.05) is 6.07 Å². The molecule has 0 aliphatic heterocycles. The van der Waals surface area contributed by atoms with Gasteiger partial charge in [-0.2, -0.15) is 4.31 Å². The van der Waals surface area contributed by atoms with Crippen molar-refractivity contribution >= 4 is 49.5 Å². The van der Waals surface area contributed by atoms with Crippen LogP contribution in [0.4, 0.5) is 5.00 Å². The second kappa shape index (κ2) is 7.65. The number of anilines is 1. The number of carbonyl (C=O) groups excluding carboxylic acids is 2. The zero-order valence-electron chi connectivity index (χ0n) is 14.0. The summed E-state index contributed by atoms with van der Waals surface area (Å²) in [5, 5.41) is 4.80. The van der Waals surface area contributed by atoms with Crippen LogP contribution in [0.25, 0.3) is 0 Å².